The van der Waals surface area contributed by atoms with Crippen LogP contribution in [0.1, 0.15) is 25.3 Å². The van der Waals surface area contributed by atoms with E-state index >= 15 is 0 Å². The molecule has 1 aliphatic carbocycles. The minimum Gasteiger partial charge on any atom is -0.508 e. The zero-order chi connectivity index (χ0) is 13.2. The smallest absolute Gasteiger partial charge is 0.225 e. The van der Waals surface area contributed by atoms with Crippen LogP contribution in [0.4, 0.5) is 0 Å². The molecule has 0 saturated heterocycles. The highest BCUT2D eigenvalue weighted by Gasteiger charge is 2.41. The van der Waals surface area contributed by atoms with E-state index in [0.717, 1.165) is 12.8 Å². The van der Waals surface area contributed by atoms with Gasteiger partial charge < -0.3 is 16.2 Å². The molecule has 0 heterocycles. The van der Waals surface area contributed by atoms with Gasteiger partial charge in [-0.05, 0) is 31.7 Å². The summed E-state index contributed by atoms with van der Waals surface area (Å²) in [6.07, 6.45) is 2.45. The molecule has 0 aliphatic heterocycles. The Morgan fingerprint density at radius 1 is 1.50 bits per heavy atom. The van der Waals surface area contributed by atoms with Crippen LogP contribution in [0.15, 0.2) is 24.3 Å². The number of carbonyl (C=O) groups excluding carboxylic acids is 1. The molecular weight excluding hydrogens is 228 g/mol. The minimum atomic E-state index is -0.304. The van der Waals surface area contributed by atoms with Gasteiger partial charge in [-0.25, -0.2) is 0 Å². The quantitative estimate of drug-likeness (QED) is 0.732. The molecule has 1 saturated carbocycles. The largest absolute Gasteiger partial charge is 0.508 e. The van der Waals surface area contributed by atoms with Crippen LogP contribution in [-0.4, -0.2) is 23.1 Å². The van der Waals surface area contributed by atoms with Gasteiger partial charge >= 0.3 is 0 Å². The summed E-state index contributed by atoms with van der Waals surface area (Å²) in [7, 11) is 0. The first-order valence-corrected chi connectivity index (χ1v) is 6.33. The zero-order valence-electron chi connectivity index (χ0n) is 10.6. The minimum absolute atomic E-state index is 0.0867. The van der Waals surface area contributed by atoms with Crippen LogP contribution >= 0.6 is 0 Å². The molecule has 4 N–H and O–H groups in total. The van der Waals surface area contributed by atoms with Crippen LogP contribution in [0.3, 0.4) is 0 Å². The molecule has 4 nitrogen and oxygen atoms in total. The number of nitrogens with one attached hydrogen (secondary N) is 1. The maximum Gasteiger partial charge on any atom is 0.225 e. The lowest BCUT2D eigenvalue weighted by molar-refractivity contribution is -0.122. The van der Waals surface area contributed by atoms with Crippen LogP contribution in [0.5, 0.6) is 5.75 Å². The molecule has 1 amide bonds. The summed E-state index contributed by atoms with van der Waals surface area (Å²) in [5, 5.41) is 12.6. The van der Waals surface area contributed by atoms with Crippen molar-refractivity contribution in [3.63, 3.8) is 0 Å². The Morgan fingerprint density at radius 2 is 2.17 bits per heavy atom. The fraction of sp³-hybridized carbons (Fsp3) is 0.500. The highest BCUT2D eigenvalue weighted by atomic mass is 16.3. The fourth-order valence-electron chi connectivity index (χ4n) is 2.24. The maximum atomic E-state index is 12.0. The summed E-state index contributed by atoms with van der Waals surface area (Å²) in [5.41, 5.74) is 6.10. The maximum absolute atomic E-state index is 12.0. The molecule has 2 rings (SSSR count). The van der Waals surface area contributed by atoms with E-state index < -0.39 is 0 Å². The van der Waals surface area contributed by atoms with E-state index in [1.165, 1.54) is 0 Å². The Balaban J connectivity index is 1.98. The Hall–Kier alpha value is -1.55. The zero-order valence-corrected chi connectivity index (χ0v) is 10.6. The van der Waals surface area contributed by atoms with E-state index in [9.17, 15) is 9.90 Å². The van der Waals surface area contributed by atoms with E-state index in [0.29, 0.717) is 18.0 Å². The third kappa shape index (κ3) is 2.82. The van der Waals surface area contributed by atoms with Gasteiger partial charge in [0.1, 0.15) is 5.75 Å². The molecule has 0 radical (unpaired) electrons. The molecule has 98 valence electrons. The molecule has 0 spiro atoms. The number of phenols is 1. The average molecular weight is 248 g/mol. The van der Waals surface area contributed by atoms with E-state index in [-0.39, 0.29) is 23.6 Å². The van der Waals surface area contributed by atoms with Crippen molar-refractivity contribution in [1.82, 2.24) is 5.32 Å². The van der Waals surface area contributed by atoms with Gasteiger partial charge in [0, 0.05) is 12.1 Å². The Labute approximate surface area is 107 Å². The molecule has 1 atom stereocenters. The summed E-state index contributed by atoms with van der Waals surface area (Å²) < 4.78 is 0. The molecule has 1 unspecified atom stereocenters. The number of benzene rings is 1. The lowest BCUT2D eigenvalue weighted by atomic mass is 9.95. The second-order valence-electron chi connectivity index (χ2n) is 5.25. The van der Waals surface area contributed by atoms with Crippen molar-refractivity contribution in [2.45, 2.75) is 31.7 Å². The van der Waals surface area contributed by atoms with Gasteiger partial charge in [-0.3, -0.25) is 4.79 Å². The Kier molecular flexibility index (Phi) is 3.57. The van der Waals surface area contributed by atoms with Crippen LogP contribution < -0.4 is 11.1 Å². The predicted octanol–water partition coefficient (Wildman–Crippen LogP) is 1.18. The molecule has 0 aromatic heterocycles. The number of aromatic hydroxyl groups is 1. The Bertz CT molecular complexity index is 443. The van der Waals surface area contributed by atoms with Crippen molar-refractivity contribution in [2.75, 3.05) is 6.54 Å². The number of rotatable bonds is 5. The monoisotopic (exact) mass is 248 g/mol. The van der Waals surface area contributed by atoms with Crippen LogP contribution in [0.2, 0.25) is 0 Å². The topological polar surface area (TPSA) is 75.3 Å². The van der Waals surface area contributed by atoms with E-state index in [1.54, 1.807) is 18.2 Å². The van der Waals surface area contributed by atoms with Gasteiger partial charge in [-0.1, -0.05) is 18.2 Å². The summed E-state index contributed by atoms with van der Waals surface area (Å²) in [6.45, 7) is 2.44. The summed E-state index contributed by atoms with van der Waals surface area (Å²) >= 11 is 0. The van der Waals surface area contributed by atoms with E-state index in [1.807, 2.05) is 13.0 Å². The highest BCUT2D eigenvalue weighted by Crippen LogP contribution is 2.39. The summed E-state index contributed by atoms with van der Waals surface area (Å²) in [5.74, 6) is 0.570. The van der Waals surface area contributed by atoms with E-state index in [2.05, 4.69) is 5.32 Å². The molecule has 4 heteroatoms. The Morgan fingerprint density at radius 3 is 2.72 bits per heavy atom. The first-order valence-electron chi connectivity index (χ1n) is 6.33. The van der Waals surface area contributed by atoms with Crippen molar-refractivity contribution in [2.24, 2.45) is 11.7 Å². The van der Waals surface area contributed by atoms with Gasteiger partial charge in [-0.2, -0.15) is 0 Å². The number of carbonyl (C=O) groups is 1. The normalized spacial score (nSPS) is 18.1. The molecule has 0 bridgehead atoms. The number of amides is 1. The van der Waals surface area contributed by atoms with Crippen molar-refractivity contribution in [1.29, 1.82) is 0 Å². The standard InChI is InChI=1S/C14H20N2O2/c1-14(9-15,11-6-7-11)16-13(18)8-10-4-2-3-5-12(10)17/h2-5,11,17H,6-9,15H2,1H3,(H,16,18). The number of nitrogens with two attached hydrogens (primary N) is 1. The van der Waals surface area contributed by atoms with Gasteiger partial charge in [0.25, 0.3) is 0 Å². The van der Waals surface area contributed by atoms with Crippen molar-refractivity contribution in [3.05, 3.63) is 29.8 Å². The summed E-state index contributed by atoms with van der Waals surface area (Å²) in [4.78, 5) is 12.0. The highest BCUT2D eigenvalue weighted by molar-refractivity contribution is 5.80. The SMILES string of the molecule is CC(CN)(NC(=O)Cc1ccccc1O)C1CC1. The van der Waals surface area contributed by atoms with Gasteiger partial charge in [0.2, 0.25) is 5.91 Å². The number of hydrogen-bond acceptors (Lipinski definition) is 3. The molecule has 1 aromatic rings. The molecule has 18 heavy (non-hydrogen) atoms. The van der Waals surface area contributed by atoms with Crippen LogP contribution in [0.25, 0.3) is 0 Å². The van der Waals surface area contributed by atoms with Gasteiger partial charge in [-0.15, -0.1) is 0 Å². The number of hydrogen-bond donors (Lipinski definition) is 3. The van der Waals surface area contributed by atoms with Gasteiger partial charge in [0.15, 0.2) is 0 Å². The second-order valence-corrected chi connectivity index (χ2v) is 5.25. The third-order valence-corrected chi connectivity index (χ3v) is 3.67. The third-order valence-electron chi connectivity index (χ3n) is 3.67. The number of phenolic OH excluding ortho intramolecular Hbond substituents is 1. The molecule has 1 aromatic carbocycles. The molecule has 1 fully saturated rings. The van der Waals surface area contributed by atoms with E-state index in [4.69, 9.17) is 5.73 Å². The molecule has 1 aliphatic rings. The lowest BCUT2D eigenvalue weighted by Crippen LogP contribution is -2.53. The predicted molar refractivity (Wildman–Crippen MR) is 70.1 cm³/mol. The first-order chi connectivity index (χ1) is 8.55. The summed E-state index contributed by atoms with van der Waals surface area (Å²) in [6, 6.07) is 6.90. The number of para-hydroxylation sites is 1. The van der Waals surface area contributed by atoms with Gasteiger partial charge in [0.05, 0.1) is 12.0 Å². The average Bonchev–Trinajstić information content (AvgIpc) is 3.16. The van der Waals surface area contributed by atoms with Crippen molar-refractivity contribution < 1.29 is 9.90 Å². The second kappa shape index (κ2) is 4.98. The van der Waals surface area contributed by atoms with Crippen LogP contribution in [-0.2, 0) is 11.2 Å². The van der Waals surface area contributed by atoms with Crippen LogP contribution in [0, 0.1) is 5.92 Å². The van der Waals surface area contributed by atoms with Crippen molar-refractivity contribution >= 4 is 5.91 Å². The molecular formula is C14H20N2O2. The lowest BCUT2D eigenvalue weighted by Gasteiger charge is -2.29. The van der Waals surface area contributed by atoms with Crippen molar-refractivity contribution in [3.8, 4) is 5.75 Å². The fourth-order valence-corrected chi connectivity index (χ4v) is 2.24. The first kappa shape index (κ1) is 12.9.